The van der Waals surface area contributed by atoms with Gasteiger partial charge in [0, 0.05) is 13.0 Å². The van der Waals surface area contributed by atoms with Crippen LogP contribution in [0.4, 0.5) is 0 Å². The summed E-state index contributed by atoms with van der Waals surface area (Å²) in [5.41, 5.74) is 0. The van der Waals surface area contributed by atoms with Crippen LogP contribution in [0.3, 0.4) is 0 Å². The van der Waals surface area contributed by atoms with Gasteiger partial charge in [0.15, 0.2) is 11.5 Å². The van der Waals surface area contributed by atoms with E-state index in [0.29, 0.717) is 18.7 Å². The summed E-state index contributed by atoms with van der Waals surface area (Å²) in [6.07, 6.45) is 1.96. The second-order valence-electron chi connectivity index (χ2n) is 2.37. The average molecular weight is 232 g/mol. The number of carbonyl (C=O) groups excluding carboxylic acids is 1. The van der Waals surface area contributed by atoms with Gasteiger partial charge in [-0.1, -0.05) is 0 Å². The third-order valence-electron chi connectivity index (χ3n) is 1.47. The second-order valence-corrected chi connectivity index (χ2v) is 3.23. The summed E-state index contributed by atoms with van der Waals surface area (Å²) in [5, 5.41) is 2.90. The van der Waals surface area contributed by atoms with E-state index in [1.165, 1.54) is 6.26 Å². The highest BCUT2D eigenvalue weighted by Crippen LogP contribution is 2.18. The molecule has 0 spiro atoms. The minimum absolute atomic E-state index is 0.0150. The van der Waals surface area contributed by atoms with E-state index in [0.717, 1.165) is 4.47 Å². The highest BCUT2D eigenvalue weighted by atomic mass is 79.9. The lowest BCUT2D eigenvalue weighted by molar-refractivity contribution is 0.0955. The molecule has 1 aromatic rings. The summed E-state index contributed by atoms with van der Waals surface area (Å²) in [6.45, 7) is 0.673. The minimum atomic E-state index is 0.0150. The van der Waals surface area contributed by atoms with E-state index in [1.54, 1.807) is 6.07 Å². The van der Waals surface area contributed by atoms with Crippen LogP contribution in [0.25, 0.3) is 0 Å². The number of hydrogen-bond donors (Lipinski definition) is 1. The van der Waals surface area contributed by atoms with Crippen molar-refractivity contribution >= 4 is 21.7 Å². The zero-order valence-electron chi connectivity index (χ0n) is 6.76. The molecule has 4 heteroatoms. The first kappa shape index (κ1) is 9.48. The Morgan fingerprint density at radius 1 is 1.75 bits per heavy atom. The van der Waals surface area contributed by atoms with E-state index in [2.05, 4.69) is 21.2 Å². The van der Waals surface area contributed by atoms with Crippen molar-refractivity contribution in [1.29, 1.82) is 0 Å². The topological polar surface area (TPSA) is 42.2 Å². The van der Waals surface area contributed by atoms with E-state index in [4.69, 9.17) is 4.42 Å². The van der Waals surface area contributed by atoms with Crippen molar-refractivity contribution in [1.82, 2.24) is 5.32 Å². The van der Waals surface area contributed by atoms with Crippen molar-refractivity contribution in [2.45, 2.75) is 6.42 Å². The van der Waals surface area contributed by atoms with Gasteiger partial charge in [-0.15, -0.1) is 0 Å². The van der Waals surface area contributed by atoms with Crippen molar-refractivity contribution < 1.29 is 9.21 Å². The molecule has 0 aliphatic heterocycles. The molecule has 0 amide bonds. The van der Waals surface area contributed by atoms with E-state index in [9.17, 15) is 4.79 Å². The normalized spacial score (nSPS) is 10.2. The zero-order chi connectivity index (χ0) is 8.97. The number of rotatable bonds is 4. The first-order valence-corrected chi connectivity index (χ1v) is 4.46. The summed E-state index contributed by atoms with van der Waals surface area (Å²) < 4.78 is 5.72. The number of ketones is 1. The standard InChI is InChI=1S/C8H10BrNO2/c1-10-4-2-7(11)8-6(9)3-5-12-8/h3,5,10H,2,4H2,1H3. The molecule has 1 N–H and O–H groups in total. The van der Waals surface area contributed by atoms with E-state index >= 15 is 0 Å². The Morgan fingerprint density at radius 3 is 3.00 bits per heavy atom. The van der Waals surface area contributed by atoms with Gasteiger partial charge in [-0.05, 0) is 29.0 Å². The fraction of sp³-hybridized carbons (Fsp3) is 0.375. The summed E-state index contributed by atoms with van der Waals surface area (Å²) in [5.74, 6) is 0.423. The highest BCUT2D eigenvalue weighted by molar-refractivity contribution is 9.10. The van der Waals surface area contributed by atoms with Crippen LogP contribution < -0.4 is 5.32 Å². The molecular formula is C8H10BrNO2. The lowest BCUT2D eigenvalue weighted by atomic mass is 10.2. The van der Waals surface area contributed by atoms with Crippen LogP contribution in [0, 0.1) is 0 Å². The Kier molecular flexibility index (Phi) is 3.49. The summed E-state index contributed by atoms with van der Waals surface area (Å²) >= 11 is 3.22. The van der Waals surface area contributed by atoms with Crippen LogP contribution in [-0.2, 0) is 0 Å². The quantitative estimate of drug-likeness (QED) is 0.805. The van der Waals surface area contributed by atoms with Crippen molar-refractivity contribution in [3.63, 3.8) is 0 Å². The average Bonchev–Trinajstić information content (AvgIpc) is 2.47. The van der Waals surface area contributed by atoms with Crippen molar-refractivity contribution in [2.24, 2.45) is 0 Å². The fourth-order valence-corrected chi connectivity index (χ4v) is 1.27. The lowest BCUT2D eigenvalue weighted by Gasteiger charge is -1.96. The first-order valence-electron chi connectivity index (χ1n) is 3.66. The van der Waals surface area contributed by atoms with Gasteiger partial charge in [0.2, 0.25) is 0 Å². The van der Waals surface area contributed by atoms with Gasteiger partial charge in [-0.2, -0.15) is 0 Å². The smallest absolute Gasteiger partial charge is 0.200 e. The van der Waals surface area contributed by atoms with Crippen molar-refractivity contribution in [3.8, 4) is 0 Å². The van der Waals surface area contributed by atoms with Gasteiger partial charge in [-0.25, -0.2) is 0 Å². The number of hydrogen-bond acceptors (Lipinski definition) is 3. The van der Waals surface area contributed by atoms with Crippen LogP contribution >= 0.6 is 15.9 Å². The third-order valence-corrected chi connectivity index (χ3v) is 2.10. The molecule has 0 saturated carbocycles. The molecule has 0 radical (unpaired) electrons. The van der Waals surface area contributed by atoms with Crippen LogP contribution in [0.1, 0.15) is 17.0 Å². The largest absolute Gasteiger partial charge is 0.460 e. The molecule has 0 atom stereocenters. The molecule has 0 aromatic carbocycles. The lowest BCUT2D eigenvalue weighted by Crippen LogP contribution is -2.12. The fourth-order valence-electron chi connectivity index (χ4n) is 0.845. The van der Waals surface area contributed by atoms with Gasteiger partial charge < -0.3 is 9.73 Å². The Hall–Kier alpha value is -0.610. The summed E-state index contributed by atoms with van der Waals surface area (Å²) in [7, 11) is 1.81. The molecule has 66 valence electrons. The SMILES string of the molecule is CNCCC(=O)c1occc1Br. The van der Waals surface area contributed by atoms with Crippen LogP contribution in [0.5, 0.6) is 0 Å². The molecule has 0 saturated heterocycles. The molecule has 0 bridgehead atoms. The number of halogens is 1. The molecule has 12 heavy (non-hydrogen) atoms. The molecule has 1 rings (SSSR count). The molecule has 0 aliphatic carbocycles. The zero-order valence-corrected chi connectivity index (χ0v) is 8.35. The molecular weight excluding hydrogens is 222 g/mol. The van der Waals surface area contributed by atoms with Crippen LogP contribution in [-0.4, -0.2) is 19.4 Å². The van der Waals surface area contributed by atoms with Crippen LogP contribution in [0.15, 0.2) is 21.2 Å². The van der Waals surface area contributed by atoms with Gasteiger partial charge in [0.1, 0.15) is 0 Å². The molecule has 0 unspecified atom stereocenters. The van der Waals surface area contributed by atoms with E-state index < -0.39 is 0 Å². The first-order chi connectivity index (χ1) is 5.75. The van der Waals surface area contributed by atoms with Gasteiger partial charge >= 0.3 is 0 Å². The minimum Gasteiger partial charge on any atom is -0.460 e. The van der Waals surface area contributed by atoms with Gasteiger partial charge in [0.25, 0.3) is 0 Å². The Bertz CT molecular complexity index is 270. The number of Topliss-reactive ketones (excluding diaryl/α,β-unsaturated/α-hetero) is 1. The van der Waals surface area contributed by atoms with Gasteiger partial charge in [-0.3, -0.25) is 4.79 Å². The maximum Gasteiger partial charge on any atom is 0.200 e. The molecule has 1 heterocycles. The Balaban J connectivity index is 2.59. The van der Waals surface area contributed by atoms with E-state index in [1.807, 2.05) is 7.05 Å². The predicted molar refractivity (Wildman–Crippen MR) is 49.3 cm³/mol. The molecule has 0 fully saturated rings. The van der Waals surface area contributed by atoms with Crippen molar-refractivity contribution in [3.05, 3.63) is 22.6 Å². The predicted octanol–water partition coefficient (Wildman–Crippen LogP) is 1.83. The maximum atomic E-state index is 11.3. The number of furan rings is 1. The summed E-state index contributed by atoms with van der Waals surface area (Å²) in [4.78, 5) is 11.3. The monoisotopic (exact) mass is 231 g/mol. The molecule has 0 aliphatic rings. The Labute approximate surface area is 79.3 Å². The second kappa shape index (κ2) is 4.42. The van der Waals surface area contributed by atoms with Crippen molar-refractivity contribution in [2.75, 3.05) is 13.6 Å². The Morgan fingerprint density at radius 2 is 2.50 bits per heavy atom. The third kappa shape index (κ3) is 2.19. The maximum absolute atomic E-state index is 11.3. The van der Waals surface area contributed by atoms with Gasteiger partial charge in [0.05, 0.1) is 10.7 Å². The molecule has 1 aromatic heterocycles. The summed E-state index contributed by atoms with van der Waals surface area (Å²) in [6, 6.07) is 1.71. The highest BCUT2D eigenvalue weighted by Gasteiger charge is 2.12. The van der Waals surface area contributed by atoms with E-state index in [-0.39, 0.29) is 5.78 Å². The molecule has 3 nitrogen and oxygen atoms in total. The number of nitrogens with one attached hydrogen (secondary N) is 1. The number of carbonyl (C=O) groups is 1. The van der Waals surface area contributed by atoms with Crippen LogP contribution in [0.2, 0.25) is 0 Å².